The Morgan fingerprint density at radius 3 is 2.62 bits per heavy atom. The van der Waals surface area contributed by atoms with Crippen LogP contribution in [0.5, 0.6) is 5.75 Å². The van der Waals surface area contributed by atoms with Crippen LogP contribution in [0.1, 0.15) is 38.8 Å². The van der Waals surface area contributed by atoms with Gasteiger partial charge < -0.3 is 19.9 Å². The number of nitrogens with one attached hydrogen (secondary N) is 1. The minimum Gasteiger partial charge on any atom is -0.495 e. The maximum absolute atomic E-state index is 12.8. The lowest BCUT2D eigenvalue weighted by Crippen LogP contribution is -2.57. The third-order valence-corrected chi connectivity index (χ3v) is 6.13. The van der Waals surface area contributed by atoms with E-state index >= 15 is 0 Å². The van der Waals surface area contributed by atoms with Crippen molar-refractivity contribution in [2.75, 3.05) is 34.3 Å². The monoisotopic (exact) mass is 401 g/mol. The quantitative estimate of drug-likeness (QED) is 0.810. The third kappa shape index (κ3) is 4.38. The van der Waals surface area contributed by atoms with Crippen molar-refractivity contribution >= 4 is 29.2 Å². The molecule has 146 valence electrons. The number of urea groups is 1. The molecule has 1 aromatic rings. The predicted molar refractivity (Wildman–Crippen MR) is 107 cm³/mol. The topological polar surface area (TPSA) is 44.8 Å². The van der Waals surface area contributed by atoms with Crippen LogP contribution in [0, 0.1) is 5.41 Å². The summed E-state index contributed by atoms with van der Waals surface area (Å²) in [7, 11) is 5.53. The van der Waals surface area contributed by atoms with Gasteiger partial charge in [0.1, 0.15) is 10.8 Å². The molecule has 5 nitrogen and oxygen atoms in total. The van der Waals surface area contributed by atoms with E-state index in [4.69, 9.17) is 27.9 Å². The van der Waals surface area contributed by atoms with Crippen LogP contribution in [0.15, 0.2) is 12.1 Å². The molecular formula is C19H29Cl2N3O2. The molecule has 0 saturated carbocycles. The predicted octanol–water partition coefficient (Wildman–Crippen LogP) is 4.43. The van der Waals surface area contributed by atoms with Gasteiger partial charge in [-0.3, -0.25) is 0 Å². The lowest BCUT2D eigenvalue weighted by molar-refractivity contribution is 0.0446. The minimum absolute atomic E-state index is 0.0311. The smallest absolute Gasteiger partial charge is 0.317 e. The Hall–Kier alpha value is -1.17. The number of carbonyl (C=O) groups excluding carboxylic acids is 1. The van der Waals surface area contributed by atoms with E-state index in [-0.39, 0.29) is 23.5 Å². The van der Waals surface area contributed by atoms with Gasteiger partial charge in [-0.05, 0) is 44.0 Å². The van der Waals surface area contributed by atoms with Crippen LogP contribution < -0.4 is 10.1 Å². The average Bonchev–Trinajstić information content (AvgIpc) is 2.55. The van der Waals surface area contributed by atoms with Gasteiger partial charge in [-0.15, -0.1) is 0 Å². The molecule has 1 aromatic carbocycles. The van der Waals surface area contributed by atoms with Crippen molar-refractivity contribution in [1.29, 1.82) is 0 Å². The van der Waals surface area contributed by atoms with E-state index in [2.05, 4.69) is 31.1 Å². The molecule has 0 spiro atoms. The molecule has 0 aliphatic carbocycles. The lowest BCUT2D eigenvalue weighted by atomic mass is 9.78. The number of carbonyl (C=O) groups is 1. The molecule has 2 amide bonds. The van der Waals surface area contributed by atoms with Crippen LogP contribution in [0.4, 0.5) is 4.79 Å². The van der Waals surface area contributed by atoms with Crippen molar-refractivity contribution in [3.63, 3.8) is 0 Å². The van der Waals surface area contributed by atoms with Gasteiger partial charge in [0.25, 0.3) is 0 Å². The summed E-state index contributed by atoms with van der Waals surface area (Å²) in [5.41, 5.74) is 0.797. The molecule has 1 unspecified atom stereocenters. The highest BCUT2D eigenvalue weighted by Crippen LogP contribution is 2.37. The van der Waals surface area contributed by atoms with Gasteiger partial charge in [-0.2, -0.15) is 0 Å². The average molecular weight is 402 g/mol. The summed E-state index contributed by atoms with van der Waals surface area (Å²) in [6, 6.07) is 3.40. The van der Waals surface area contributed by atoms with Crippen LogP contribution in [-0.2, 0) is 0 Å². The van der Waals surface area contributed by atoms with E-state index in [1.54, 1.807) is 13.2 Å². The third-order valence-electron chi connectivity index (χ3n) is 5.25. The van der Waals surface area contributed by atoms with Crippen LogP contribution in [-0.4, -0.2) is 56.2 Å². The number of piperidine rings is 1. The zero-order valence-electron chi connectivity index (χ0n) is 16.4. The first-order valence-corrected chi connectivity index (χ1v) is 9.57. The molecular weight excluding hydrogens is 373 g/mol. The van der Waals surface area contributed by atoms with Crippen LogP contribution in [0.25, 0.3) is 0 Å². The number of rotatable bonds is 4. The number of hydrogen-bond acceptors (Lipinski definition) is 3. The minimum atomic E-state index is -0.268. The summed E-state index contributed by atoms with van der Waals surface area (Å²) in [5.74, 6) is 0.518. The highest BCUT2D eigenvalue weighted by molar-refractivity contribution is 6.43. The van der Waals surface area contributed by atoms with Crippen molar-refractivity contribution in [2.24, 2.45) is 5.41 Å². The number of hydrogen-bond donors (Lipinski definition) is 1. The number of likely N-dealkylation sites (tertiary alicyclic amines) is 1. The zero-order chi connectivity index (χ0) is 19.6. The Labute approximate surface area is 166 Å². The van der Waals surface area contributed by atoms with Crippen molar-refractivity contribution in [3.8, 4) is 5.75 Å². The number of nitrogens with zero attached hydrogens (tertiary/aromatic N) is 2. The molecule has 0 aromatic heterocycles. The number of halogens is 2. The second kappa shape index (κ2) is 8.24. The summed E-state index contributed by atoms with van der Waals surface area (Å²) >= 11 is 12.6. The largest absolute Gasteiger partial charge is 0.495 e. The molecule has 1 aliphatic heterocycles. The normalized spacial score (nSPS) is 21.2. The van der Waals surface area contributed by atoms with Gasteiger partial charge in [0.2, 0.25) is 0 Å². The SMILES string of the molecule is COc1ccc(C(C)NC(=O)N(C)[C@@H]2CCN(C)CC2(C)C)c(Cl)c1Cl. The maximum Gasteiger partial charge on any atom is 0.317 e. The van der Waals surface area contributed by atoms with E-state index in [9.17, 15) is 4.79 Å². The first-order chi connectivity index (χ1) is 12.1. The summed E-state index contributed by atoms with van der Waals surface area (Å²) in [4.78, 5) is 16.9. The molecule has 1 saturated heterocycles. The van der Waals surface area contributed by atoms with Crippen molar-refractivity contribution < 1.29 is 9.53 Å². The van der Waals surface area contributed by atoms with Gasteiger partial charge in [0.05, 0.1) is 18.2 Å². The van der Waals surface area contributed by atoms with Gasteiger partial charge in [0.15, 0.2) is 0 Å². The van der Waals surface area contributed by atoms with Gasteiger partial charge in [-0.25, -0.2) is 4.79 Å². The van der Waals surface area contributed by atoms with Crippen LogP contribution in [0.3, 0.4) is 0 Å². The van der Waals surface area contributed by atoms with E-state index < -0.39 is 0 Å². The lowest BCUT2D eigenvalue weighted by Gasteiger charge is -2.47. The Morgan fingerprint density at radius 2 is 2.04 bits per heavy atom. The summed E-state index contributed by atoms with van der Waals surface area (Å²) in [5, 5.41) is 3.80. The number of methoxy groups -OCH3 is 1. The molecule has 0 radical (unpaired) electrons. The molecule has 7 heteroatoms. The fraction of sp³-hybridized carbons (Fsp3) is 0.632. The highest BCUT2D eigenvalue weighted by atomic mass is 35.5. The first-order valence-electron chi connectivity index (χ1n) is 8.82. The van der Waals surface area contributed by atoms with Crippen molar-refractivity contribution in [2.45, 2.75) is 39.3 Å². The van der Waals surface area contributed by atoms with E-state index in [1.807, 2.05) is 24.9 Å². The summed E-state index contributed by atoms with van der Waals surface area (Å²) in [6.07, 6.45) is 0.955. The number of amides is 2. The number of ether oxygens (including phenoxy) is 1. The Balaban J connectivity index is 2.10. The molecule has 1 heterocycles. The van der Waals surface area contributed by atoms with E-state index in [1.165, 1.54) is 0 Å². The Bertz CT molecular complexity index is 666. The molecule has 1 N–H and O–H groups in total. The van der Waals surface area contributed by atoms with E-state index in [0.29, 0.717) is 15.8 Å². The highest BCUT2D eigenvalue weighted by Gasteiger charge is 2.39. The standard InChI is InChI=1S/C19H29Cl2N3O2/c1-12(13-7-8-14(26-6)17(21)16(13)20)22-18(25)24(5)15-9-10-23(4)11-19(15,2)3/h7-8,12,15H,9-11H2,1-6H3,(H,22,25)/t12?,15-/m1/s1. The van der Waals surface area contributed by atoms with E-state index in [0.717, 1.165) is 25.1 Å². The van der Waals surface area contributed by atoms with Crippen molar-refractivity contribution in [3.05, 3.63) is 27.7 Å². The Morgan fingerprint density at radius 1 is 1.38 bits per heavy atom. The molecule has 0 bridgehead atoms. The number of benzene rings is 1. The fourth-order valence-corrected chi connectivity index (χ4v) is 4.45. The molecule has 1 fully saturated rings. The van der Waals surface area contributed by atoms with Gasteiger partial charge in [0, 0.05) is 19.6 Å². The molecule has 26 heavy (non-hydrogen) atoms. The summed E-state index contributed by atoms with van der Waals surface area (Å²) in [6.45, 7) is 8.27. The van der Waals surface area contributed by atoms with Crippen LogP contribution >= 0.6 is 23.2 Å². The first kappa shape index (κ1) is 21.1. The maximum atomic E-state index is 12.8. The van der Waals surface area contributed by atoms with Gasteiger partial charge >= 0.3 is 6.03 Å². The second-order valence-corrected chi connectivity index (χ2v) is 8.55. The van der Waals surface area contributed by atoms with Crippen LogP contribution in [0.2, 0.25) is 10.0 Å². The summed E-state index contributed by atoms with van der Waals surface area (Å²) < 4.78 is 5.17. The second-order valence-electron chi connectivity index (χ2n) is 7.80. The zero-order valence-corrected chi connectivity index (χ0v) is 17.9. The van der Waals surface area contributed by atoms with Crippen molar-refractivity contribution in [1.82, 2.24) is 15.1 Å². The fourth-order valence-electron chi connectivity index (χ4n) is 3.88. The Kier molecular flexibility index (Phi) is 6.70. The molecule has 2 rings (SSSR count). The molecule has 1 aliphatic rings. The molecule has 2 atom stereocenters. The van der Waals surface area contributed by atoms with Gasteiger partial charge in [-0.1, -0.05) is 43.1 Å².